The molecule has 0 radical (unpaired) electrons. The Bertz CT molecular complexity index is 559. The lowest BCUT2D eigenvalue weighted by Crippen LogP contribution is -2.16. The van der Waals surface area contributed by atoms with Crippen LogP contribution in [0.3, 0.4) is 0 Å². The number of carbonyl (C=O) groups excluding carboxylic acids is 1. The van der Waals surface area contributed by atoms with Gasteiger partial charge in [-0.15, -0.1) is 0 Å². The predicted molar refractivity (Wildman–Crippen MR) is 67.0 cm³/mol. The summed E-state index contributed by atoms with van der Waals surface area (Å²) in [4.78, 5) is 18.3. The number of nitrogens with two attached hydrogens (primary N) is 1. The molecule has 92 valence electrons. The van der Waals surface area contributed by atoms with Crippen LogP contribution >= 0.6 is 11.6 Å². The first-order chi connectivity index (χ1) is 8.63. The van der Waals surface area contributed by atoms with Gasteiger partial charge >= 0.3 is 6.09 Å². The number of carbonyl (C=O) groups is 1. The first-order valence-corrected chi connectivity index (χ1v) is 5.34. The van der Waals surface area contributed by atoms with Crippen molar-refractivity contribution in [2.24, 2.45) is 5.73 Å². The number of nitrogens with zero attached hydrogens (tertiary/aromatic N) is 2. The Labute approximate surface area is 108 Å². The molecule has 1 amide bonds. The van der Waals surface area contributed by atoms with Crippen LogP contribution in [0.25, 0.3) is 0 Å². The van der Waals surface area contributed by atoms with Crippen molar-refractivity contribution in [2.45, 2.75) is 0 Å². The second kappa shape index (κ2) is 5.33. The molecule has 1 aromatic carbocycles. The van der Waals surface area contributed by atoms with Gasteiger partial charge in [0.05, 0.1) is 0 Å². The highest BCUT2D eigenvalue weighted by Crippen LogP contribution is 2.19. The SMILES string of the molecule is NC(=O)Oc1ccc(Nc2ccnc(Cl)n2)cc1. The van der Waals surface area contributed by atoms with E-state index in [4.69, 9.17) is 22.1 Å². The lowest BCUT2D eigenvalue weighted by molar-refractivity contribution is 0.211. The largest absolute Gasteiger partial charge is 0.411 e. The third kappa shape index (κ3) is 3.33. The zero-order valence-corrected chi connectivity index (χ0v) is 9.89. The molecule has 0 unspecified atom stereocenters. The quantitative estimate of drug-likeness (QED) is 0.831. The van der Waals surface area contributed by atoms with E-state index in [0.29, 0.717) is 11.6 Å². The van der Waals surface area contributed by atoms with Crippen molar-refractivity contribution in [1.82, 2.24) is 9.97 Å². The van der Waals surface area contributed by atoms with E-state index < -0.39 is 6.09 Å². The molecule has 3 N–H and O–H groups in total. The highest BCUT2D eigenvalue weighted by Gasteiger charge is 2.00. The summed E-state index contributed by atoms with van der Waals surface area (Å²) >= 11 is 5.66. The monoisotopic (exact) mass is 264 g/mol. The summed E-state index contributed by atoms with van der Waals surface area (Å²) in [5.41, 5.74) is 5.66. The highest BCUT2D eigenvalue weighted by atomic mass is 35.5. The average Bonchev–Trinajstić information content (AvgIpc) is 2.31. The molecule has 6 nitrogen and oxygen atoms in total. The molecular weight excluding hydrogens is 256 g/mol. The van der Waals surface area contributed by atoms with Crippen molar-refractivity contribution in [1.29, 1.82) is 0 Å². The standard InChI is InChI=1S/C11H9ClN4O2/c12-10-14-6-5-9(16-10)15-7-1-3-8(4-2-7)18-11(13)17/h1-6H,(H2,13,17)(H,14,15,16). The Morgan fingerprint density at radius 1 is 1.28 bits per heavy atom. The van der Waals surface area contributed by atoms with Gasteiger partial charge in [-0.25, -0.2) is 14.8 Å². The van der Waals surface area contributed by atoms with Gasteiger partial charge in [-0.3, -0.25) is 0 Å². The van der Waals surface area contributed by atoms with E-state index in [1.165, 1.54) is 0 Å². The molecule has 1 heterocycles. The second-order valence-electron chi connectivity index (χ2n) is 3.28. The number of rotatable bonds is 3. The Morgan fingerprint density at radius 3 is 2.61 bits per heavy atom. The normalized spacial score (nSPS) is 9.83. The first kappa shape index (κ1) is 12.1. The number of benzene rings is 1. The maximum absolute atomic E-state index is 10.5. The van der Waals surface area contributed by atoms with Gasteiger partial charge in [0.2, 0.25) is 5.28 Å². The van der Waals surface area contributed by atoms with Crippen LogP contribution in [-0.4, -0.2) is 16.1 Å². The van der Waals surface area contributed by atoms with Crippen molar-refractivity contribution in [2.75, 3.05) is 5.32 Å². The molecule has 0 spiro atoms. The van der Waals surface area contributed by atoms with Crippen LogP contribution < -0.4 is 15.8 Å². The number of anilines is 2. The summed E-state index contributed by atoms with van der Waals surface area (Å²) in [5, 5.41) is 3.18. The molecule has 0 atom stereocenters. The fraction of sp³-hybridized carbons (Fsp3) is 0. The molecule has 1 aromatic heterocycles. The smallest absolute Gasteiger partial charge is 0.409 e. The lowest BCUT2D eigenvalue weighted by Gasteiger charge is -2.06. The van der Waals surface area contributed by atoms with E-state index >= 15 is 0 Å². The van der Waals surface area contributed by atoms with Crippen LogP contribution in [0.1, 0.15) is 0 Å². The Morgan fingerprint density at radius 2 is 2.00 bits per heavy atom. The Balaban J connectivity index is 2.08. The van der Waals surface area contributed by atoms with Crippen molar-refractivity contribution >= 4 is 29.2 Å². The number of ether oxygens (including phenoxy) is 1. The zero-order valence-electron chi connectivity index (χ0n) is 9.13. The minimum atomic E-state index is -0.849. The molecule has 18 heavy (non-hydrogen) atoms. The number of hydrogen-bond acceptors (Lipinski definition) is 5. The van der Waals surface area contributed by atoms with Gasteiger partial charge in [0.15, 0.2) is 0 Å². The molecule has 0 aliphatic heterocycles. The molecule has 0 aliphatic rings. The highest BCUT2D eigenvalue weighted by molar-refractivity contribution is 6.28. The van der Waals surface area contributed by atoms with E-state index in [9.17, 15) is 4.79 Å². The fourth-order valence-electron chi connectivity index (χ4n) is 1.27. The lowest BCUT2D eigenvalue weighted by atomic mass is 10.3. The molecule has 0 fully saturated rings. The van der Waals surface area contributed by atoms with Crippen LogP contribution in [0, 0.1) is 0 Å². The molecular formula is C11H9ClN4O2. The van der Waals surface area contributed by atoms with Crippen molar-refractivity contribution < 1.29 is 9.53 Å². The minimum Gasteiger partial charge on any atom is -0.411 e. The van der Waals surface area contributed by atoms with Crippen molar-refractivity contribution in [3.05, 3.63) is 41.8 Å². The first-order valence-electron chi connectivity index (χ1n) is 4.96. The van der Waals surface area contributed by atoms with Gasteiger partial charge in [0.25, 0.3) is 0 Å². The fourth-order valence-corrected chi connectivity index (χ4v) is 1.42. The Kier molecular flexibility index (Phi) is 3.59. The molecule has 2 aromatic rings. The molecule has 0 bridgehead atoms. The summed E-state index contributed by atoms with van der Waals surface area (Å²) in [5.74, 6) is 0.937. The molecule has 0 saturated heterocycles. The van der Waals surface area contributed by atoms with Gasteiger partial charge in [0.1, 0.15) is 11.6 Å². The van der Waals surface area contributed by atoms with Crippen LogP contribution in [-0.2, 0) is 0 Å². The topological polar surface area (TPSA) is 90.1 Å². The van der Waals surface area contributed by atoms with Gasteiger partial charge in [0, 0.05) is 11.9 Å². The van der Waals surface area contributed by atoms with Crippen LogP contribution in [0.2, 0.25) is 5.28 Å². The number of hydrogen-bond donors (Lipinski definition) is 2. The summed E-state index contributed by atoms with van der Waals surface area (Å²) < 4.78 is 4.70. The average molecular weight is 265 g/mol. The maximum atomic E-state index is 10.5. The third-order valence-electron chi connectivity index (χ3n) is 1.97. The zero-order chi connectivity index (χ0) is 13.0. The second-order valence-corrected chi connectivity index (χ2v) is 3.62. The van der Waals surface area contributed by atoms with Gasteiger partial charge in [-0.1, -0.05) is 0 Å². The maximum Gasteiger partial charge on any atom is 0.409 e. The summed E-state index contributed by atoms with van der Waals surface area (Å²) in [6, 6.07) is 8.33. The summed E-state index contributed by atoms with van der Waals surface area (Å²) in [6.45, 7) is 0. The number of nitrogens with one attached hydrogen (secondary N) is 1. The Hall–Kier alpha value is -2.34. The molecule has 0 aliphatic carbocycles. The predicted octanol–water partition coefficient (Wildman–Crippen LogP) is 2.33. The van der Waals surface area contributed by atoms with E-state index in [2.05, 4.69) is 15.3 Å². The molecule has 7 heteroatoms. The summed E-state index contributed by atoms with van der Waals surface area (Å²) in [6.07, 6.45) is 0.695. The summed E-state index contributed by atoms with van der Waals surface area (Å²) in [7, 11) is 0. The molecule has 2 rings (SSSR count). The van der Waals surface area contributed by atoms with E-state index in [1.54, 1.807) is 36.5 Å². The van der Waals surface area contributed by atoms with Crippen LogP contribution in [0.15, 0.2) is 36.5 Å². The van der Waals surface area contributed by atoms with Crippen molar-refractivity contribution in [3.63, 3.8) is 0 Å². The third-order valence-corrected chi connectivity index (χ3v) is 2.15. The van der Waals surface area contributed by atoms with Crippen LogP contribution in [0.4, 0.5) is 16.3 Å². The number of aromatic nitrogens is 2. The van der Waals surface area contributed by atoms with E-state index in [1.807, 2.05) is 0 Å². The minimum absolute atomic E-state index is 0.161. The molecule has 0 saturated carbocycles. The van der Waals surface area contributed by atoms with Gasteiger partial charge in [-0.2, -0.15) is 0 Å². The van der Waals surface area contributed by atoms with Gasteiger partial charge in [-0.05, 0) is 41.9 Å². The van der Waals surface area contributed by atoms with Crippen LogP contribution in [0.5, 0.6) is 5.75 Å². The van der Waals surface area contributed by atoms with Gasteiger partial charge < -0.3 is 15.8 Å². The van der Waals surface area contributed by atoms with E-state index in [-0.39, 0.29) is 5.28 Å². The number of amides is 1. The van der Waals surface area contributed by atoms with E-state index in [0.717, 1.165) is 5.69 Å². The number of halogens is 1. The number of primary amides is 1. The van der Waals surface area contributed by atoms with Crippen molar-refractivity contribution in [3.8, 4) is 5.75 Å².